The lowest BCUT2D eigenvalue weighted by atomic mass is 9.82. The zero-order chi connectivity index (χ0) is 12.7. The van der Waals surface area contributed by atoms with Crippen LogP contribution < -0.4 is 5.43 Å². The van der Waals surface area contributed by atoms with E-state index in [-0.39, 0.29) is 17.7 Å². The van der Waals surface area contributed by atoms with Crippen LogP contribution in [0, 0.1) is 23.7 Å². The number of nitrogens with zero attached hydrogens (tertiary/aromatic N) is 3. The maximum atomic E-state index is 12.1. The molecule has 7 heteroatoms. The highest BCUT2D eigenvalue weighted by Crippen LogP contribution is 2.48. The van der Waals surface area contributed by atoms with Gasteiger partial charge in [-0.3, -0.25) is 15.0 Å². The number of hydrogen-bond donors (Lipinski definition) is 2. The van der Waals surface area contributed by atoms with Gasteiger partial charge in [0.1, 0.15) is 12.7 Å². The fraction of sp³-hybridized carbons (Fsp3) is 0.455. The maximum absolute atomic E-state index is 12.1. The number of fused-ring (bicyclic) bond motifs is 2. The van der Waals surface area contributed by atoms with E-state index < -0.39 is 17.8 Å². The molecule has 0 radical (unpaired) electrons. The summed E-state index contributed by atoms with van der Waals surface area (Å²) in [6.07, 6.45) is 7.32. The van der Waals surface area contributed by atoms with Crippen LogP contribution in [0.1, 0.15) is 6.42 Å². The molecule has 1 saturated carbocycles. The molecule has 1 amide bonds. The third kappa shape index (κ3) is 1.59. The van der Waals surface area contributed by atoms with Gasteiger partial charge < -0.3 is 5.11 Å². The van der Waals surface area contributed by atoms with Crippen LogP contribution in [0.15, 0.2) is 24.8 Å². The second kappa shape index (κ2) is 3.94. The van der Waals surface area contributed by atoms with Crippen molar-refractivity contribution < 1.29 is 14.7 Å². The van der Waals surface area contributed by atoms with E-state index in [1.54, 1.807) is 0 Å². The van der Waals surface area contributed by atoms with Gasteiger partial charge in [-0.05, 0) is 18.3 Å². The Kier molecular flexibility index (Phi) is 2.39. The molecule has 0 spiro atoms. The first kappa shape index (κ1) is 10.9. The van der Waals surface area contributed by atoms with Crippen LogP contribution in [-0.2, 0) is 9.59 Å². The molecule has 1 heterocycles. The lowest BCUT2D eigenvalue weighted by Crippen LogP contribution is -2.38. The van der Waals surface area contributed by atoms with Gasteiger partial charge >= 0.3 is 5.97 Å². The molecule has 1 aromatic rings. The molecule has 0 aromatic carbocycles. The number of nitrogens with one attached hydrogen (secondary N) is 1. The monoisotopic (exact) mass is 248 g/mol. The summed E-state index contributed by atoms with van der Waals surface area (Å²) in [5.74, 6) is -2.34. The van der Waals surface area contributed by atoms with Crippen molar-refractivity contribution in [2.24, 2.45) is 23.7 Å². The summed E-state index contributed by atoms with van der Waals surface area (Å²) < 4.78 is 1.33. The normalized spacial score (nSPS) is 32.7. The summed E-state index contributed by atoms with van der Waals surface area (Å²) in [6.45, 7) is 0. The summed E-state index contributed by atoms with van der Waals surface area (Å²) in [5, 5.41) is 16.4. The quantitative estimate of drug-likeness (QED) is 0.726. The molecular formula is C11H12N4O3. The van der Waals surface area contributed by atoms with Crippen LogP contribution in [0.2, 0.25) is 0 Å². The Morgan fingerprint density at radius 2 is 1.78 bits per heavy atom. The number of carbonyl (C=O) groups excluding carboxylic acids is 1. The van der Waals surface area contributed by atoms with Crippen LogP contribution in [0.25, 0.3) is 0 Å². The highest BCUT2D eigenvalue weighted by molar-refractivity contribution is 5.91. The number of carboxylic acid groups (broad SMARTS) is 1. The van der Waals surface area contributed by atoms with Crippen molar-refractivity contribution in [3.05, 3.63) is 24.8 Å². The summed E-state index contributed by atoms with van der Waals surface area (Å²) in [7, 11) is 0. The van der Waals surface area contributed by atoms with Crippen molar-refractivity contribution in [3.63, 3.8) is 0 Å². The Balaban J connectivity index is 1.80. The van der Waals surface area contributed by atoms with Gasteiger partial charge in [-0.2, -0.15) is 0 Å². The minimum absolute atomic E-state index is 0.0209. The van der Waals surface area contributed by atoms with Crippen molar-refractivity contribution >= 4 is 11.9 Å². The number of carbonyl (C=O) groups is 2. The number of allylic oxidation sites excluding steroid dienone is 2. The fourth-order valence-corrected chi connectivity index (χ4v) is 2.98. The third-order valence-electron chi connectivity index (χ3n) is 3.71. The molecule has 2 aliphatic rings. The SMILES string of the molecule is O=C(O)[C@@H]1[C@H](C(=O)Nn2cnnc2)[C@@H]2C=C[C@H]1C2. The predicted molar refractivity (Wildman–Crippen MR) is 59.7 cm³/mol. The number of carboxylic acids is 1. The van der Waals surface area contributed by atoms with Gasteiger partial charge in [-0.1, -0.05) is 12.2 Å². The molecule has 0 unspecified atom stereocenters. The van der Waals surface area contributed by atoms with Crippen molar-refractivity contribution in [2.45, 2.75) is 6.42 Å². The van der Waals surface area contributed by atoms with E-state index >= 15 is 0 Å². The standard InChI is InChI=1S/C11H12N4O3/c16-10(14-15-4-12-13-5-15)8-6-1-2-7(3-6)9(8)11(17)18/h1-2,4-9H,3H2,(H,14,16)(H,17,18)/t6-,7+,8-,9+/m1/s1. The molecule has 3 rings (SSSR count). The molecule has 1 aromatic heterocycles. The molecule has 1 fully saturated rings. The molecule has 4 atom stereocenters. The molecule has 2 N–H and O–H groups in total. The van der Waals surface area contributed by atoms with Crippen LogP contribution >= 0.6 is 0 Å². The number of hydrogen-bond acceptors (Lipinski definition) is 4. The zero-order valence-electron chi connectivity index (χ0n) is 9.43. The molecule has 2 aliphatic carbocycles. The van der Waals surface area contributed by atoms with Crippen molar-refractivity contribution in [3.8, 4) is 0 Å². The molecule has 7 nitrogen and oxygen atoms in total. The van der Waals surface area contributed by atoms with Crippen LogP contribution in [0.5, 0.6) is 0 Å². The van der Waals surface area contributed by atoms with Gasteiger partial charge in [0.2, 0.25) is 5.91 Å². The third-order valence-corrected chi connectivity index (χ3v) is 3.71. The zero-order valence-corrected chi connectivity index (χ0v) is 9.43. The molecule has 18 heavy (non-hydrogen) atoms. The minimum atomic E-state index is -0.907. The summed E-state index contributed by atoms with van der Waals surface area (Å²) in [6, 6.07) is 0. The molecule has 0 aliphatic heterocycles. The van der Waals surface area contributed by atoms with Gasteiger partial charge in [0.25, 0.3) is 0 Å². The van der Waals surface area contributed by atoms with Crippen LogP contribution in [0.3, 0.4) is 0 Å². The second-order valence-corrected chi connectivity index (χ2v) is 4.68. The molecular weight excluding hydrogens is 236 g/mol. The molecule has 0 saturated heterocycles. The van der Waals surface area contributed by atoms with E-state index in [2.05, 4.69) is 15.6 Å². The Bertz CT molecular complexity index is 510. The van der Waals surface area contributed by atoms with E-state index in [0.717, 1.165) is 6.42 Å². The number of amides is 1. The van der Waals surface area contributed by atoms with E-state index in [1.165, 1.54) is 17.3 Å². The summed E-state index contributed by atoms with van der Waals surface area (Å²) in [4.78, 5) is 23.4. The first-order valence-corrected chi connectivity index (χ1v) is 5.73. The molecule has 2 bridgehead atoms. The second-order valence-electron chi connectivity index (χ2n) is 4.68. The van der Waals surface area contributed by atoms with Crippen molar-refractivity contribution in [2.75, 3.05) is 5.43 Å². The highest BCUT2D eigenvalue weighted by Gasteiger charge is 2.51. The Morgan fingerprint density at radius 1 is 1.17 bits per heavy atom. The lowest BCUT2D eigenvalue weighted by molar-refractivity contribution is -0.147. The predicted octanol–water partition coefficient (Wildman–Crippen LogP) is -0.129. The number of aromatic nitrogens is 3. The first-order valence-electron chi connectivity index (χ1n) is 5.73. The lowest BCUT2D eigenvalue weighted by Gasteiger charge is -2.23. The van der Waals surface area contributed by atoms with Crippen LogP contribution in [-0.4, -0.2) is 31.9 Å². The Hall–Kier alpha value is -2.18. The van der Waals surface area contributed by atoms with E-state index in [0.29, 0.717) is 0 Å². The van der Waals surface area contributed by atoms with Gasteiger partial charge in [0.15, 0.2) is 0 Å². The largest absolute Gasteiger partial charge is 0.481 e. The number of aliphatic carboxylic acids is 1. The van der Waals surface area contributed by atoms with Crippen molar-refractivity contribution in [1.29, 1.82) is 0 Å². The van der Waals surface area contributed by atoms with Gasteiger partial charge in [0, 0.05) is 0 Å². The van der Waals surface area contributed by atoms with Crippen LogP contribution in [0.4, 0.5) is 0 Å². The molecule has 94 valence electrons. The average Bonchev–Trinajstić information content (AvgIpc) is 3.03. The van der Waals surface area contributed by atoms with Gasteiger partial charge in [-0.25, -0.2) is 4.68 Å². The Labute approximate surface area is 102 Å². The van der Waals surface area contributed by atoms with E-state index in [4.69, 9.17) is 0 Å². The maximum Gasteiger partial charge on any atom is 0.307 e. The Morgan fingerprint density at radius 3 is 2.39 bits per heavy atom. The summed E-state index contributed by atoms with van der Waals surface area (Å²) in [5.41, 5.74) is 2.59. The van der Waals surface area contributed by atoms with E-state index in [9.17, 15) is 14.7 Å². The summed E-state index contributed by atoms with van der Waals surface area (Å²) >= 11 is 0. The number of rotatable bonds is 3. The highest BCUT2D eigenvalue weighted by atomic mass is 16.4. The van der Waals surface area contributed by atoms with Crippen molar-refractivity contribution in [1.82, 2.24) is 14.9 Å². The average molecular weight is 248 g/mol. The first-order chi connectivity index (χ1) is 8.66. The smallest absolute Gasteiger partial charge is 0.307 e. The fourth-order valence-electron chi connectivity index (χ4n) is 2.98. The van der Waals surface area contributed by atoms with Gasteiger partial charge in [0.05, 0.1) is 11.8 Å². The van der Waals surface area contributed by atoms with Gasteiger partial charge in [-0.15, -0.1) is 10.2 Å². The van der Waals surface area contributed by atoms with E-state index in [1.807, 2.05) is 12.2 Å². The minimum Gasteiger partial charge on any atom is -0.481 e. The topological polar surface area (TPSA) is 97.1 Å².